The first-order chi connectivity index (χ1) is 9.42. The molecule has 7 heteroatoms. The summed E-state index contributed by atoms with van der Waals surface area (Å²) in [5, 5.41) is 8.86. The molecule has 0 amide bonds. The lowest BCUT2D eigenvalue weighted by Crippen LogP contribution is -2.13. The molecule has 0 saturated carbocycles. The van der Waals surface area contributed by atoms with Crippen molar-refractivity contribution in [1.82, 2.24) is 4.98 Å². The summed E-state index contributed by atoms with van der Waals surface area (Å²) < 4.78 is 27.3. The van der Waals surface area contributed by atoms with E-state index in [2.05, 4.69) is 9.71 Å². The van der Waals surface area contributed by atoms with E-state index in [-0.39, 0.29) is 10.8 Å². The fourth-order valence-electron chi connectivity index (χ4n) is 1.74. The SMILES string of the molecule is Cc1ccc(NS(=O)(=O)c2ccc(CCO)s2)c(C)n1. The van der Waals surface area contributed by atoms with Gasteiger partial charge in [-0.1, -0.05) is 0 Å². The standard InChI is InChI=1S/C13H16N2O3S2/c1-9-3-5-12(10(2)14-9)15-20(17,18)13-6-4-11(19-13)7-8-16/h3-6,15-16H,7-8H2,1-2H3. The van der Waals surface area contributed by atoms with E-state index < -0.39 is 10.0 Å². The number of hydrogen-bond donors (Lipinski definition) is 2. The van der Waals surface area contributed by atoms with E-state index >= 15 is 0 Å². The van der Waals surface area contributed by atoms with Crippen LogP contribution in [0.2, 0.25) is 0 Å². The molecule has 2 aromatic rings. The molecule has 0 aliphatic rings. The van der Waals surface area contributed by atoms with Gasteiger partial charge in [0, 0.05) is 23.6 Å². The van der Waals surface area contributed by atoms with E-state index in [0.717, 1.165) is 21.9 Å². The van der Waals surface area contributed by atoms with Gasteiger partial charge < -0.3 is 5.11 Å². The van der Waals surface area contributed by atoms with Crippen LogP contribution in [0.5, 0.6) is 0 Å². The van der Waals surface area contributed by atoms with Gasteiger partial charge in [0.1, 0.15) is 4.21 Å². The monoisotopic (exact) mass is 312 g/mol. The molecular weight excluding hydrogens is 296 g/mol. The number of nitrogens with zero attached hydrogens (tertiary/aromatic N) is 1. The molecule has 108 valence electrons. The molecule has 2 N–H and O–H groups in total. The molecule has 2 aromatic heterocycles. The Morgan fingerprint density at radius 3 is 2.65 bits per heavy atom. The van der Waals surface area contributed by atoms with E-state index in [9.17, 15) is 8.42 Å². The number of thiophene rings is 1. The van der Waals surface area contributed by atoms with Gasteiger partial charge in [-0.3, -0.25) is 9.71 Å². The van der Waals surface area contributed by atoms with E-state index in [1.807, 2.05) is 6.92 Å². The number of sulfonamides is 1. The number of aliphatic hydroxyl groups is 1. The summed E-state index contributed by atoms with van der Waals surface area (Å²) in [6.45, 7) is 3.62. The minimum Gasteiger partial charge on any atom is -0.396 e. The molecule has 0 atom stereocenters. The molecule has 0 fully saturated rings. The molecule has 2 rings (SSSR count). The van der Waals surface area contributed by atoms with E-state index in [1.54, 1.807) is 31.2 Å². The Bertz CT molecular complexity index is 708. The largest absolute Gasteiger partial charge is 0.396 e. The Kier molecular flexibility index (Phi) is 4.42. The van der Waals surface area contributed by atoms with E-state index in [1.165, 1.54) is 0 Å². The van der Waals surface area contributed by atoms with Gasteiger partial charge in [-0.25, -0.2) is 8.42 Å². The number of pyridine rings is 1. The number of nitrogens with one attached hydrogen (secondary N) is 1. The van der Waals surface area contributed by atoms with E-state index in [4.69, 9.17) is 5.11 Å². The Labute approximate surface area is 122 Å². The third kappa shape index (κ3) is 3.36. The third-order valence-corrected chi connectivity index (χ3v) is 5.73. The van der Waals surface area contributed by atoms with Crippen molar-refractivity contribution in [1.29, 1.82) is 0 Å². The lowest BCUT2D eigenvalue weighted by Gasteiger charge is -2.09. The summed E-state index contributed by atoms with van der Waals surface area (Å²) in [6, 6.07) is 6.73. The number of rotatable bonds is 5. The van der Waals surface area contributed by atoms with Crippen molar-refractivity contribution in [2.24, 2.45) is 0 Å². The molecule has 20 heavy (non-hydrogen) atoms. The minimum absolute atomic E-state index is 0.00835. The van der Waals surface area contributed by atoms with Crippen molar-refractivity contribution in [3.63, 3.8) is 0 Å². The quantitative estimate of drug-likeness (QED) is 0.886. The summed E-state index contributed by atoms with van der Waals surface area (Å²) in [5.74, 6) is 0. The van der Waals surface area contributed by atoms with Gasteiger partial charge in [0.05, 0.1) is 11.4 Å². The number of aromatic nitrogens is 1. The summed E-state index contributed by atoms with van der Waals surface area (Å²) >= 11 is 1.16. The highest BCUT2D eigenvalue weighted by Gasteiger charge is 2.18. The van der Waals surface area contributed by atoms with Crippen LogP contribution in [0, 0.1) is 13.8 Å². The Morgan fingerprint density at radius 1 is 1.25 bits per heavy atom. The average molecular weight is 312 g/mol. The molecular formula is C13H16N2O3S2. The first kappa shape index (κ1) is 15.0. The Balaban J connectivity index is 2.26. The Hall–Kier alpha value is -1.44. The molecule has 5 nitrogen and oxygen atoms in total. The normalized spacial score (nSPS) is 11.6. The first-order valence-corrected chi connectivity index (χ1v) is 8.39. The van der Waals surface area contributed by atoms with E-state index in [0.29, 0.717) is 17.8 Å². The van der Waals surface area contributed by atoms with Crippen LogP contribution in [0.3, 0.4) is 0 Å². The highest BCUT2D eigenvalue weighted by molar-refractivity contribution is 7.94. The van der Waals surface area contributed by atoms with Crippen molar-refractivity contribution < 1.29 is 13.5 Å². The lowest BCUT2D eigenvalue weighted by atomic mass is 10.3. The van der Waals surface area contributed by atoms with Crippen LogP contribution in [0.15, 0.2) is 28.5 Å². The zero-order valence-corrected chi connectivity index (χ0v) is 12.9. The Morgan fingerprint density at radius 2 is 2.00 bits per heavy atom. The van der Waals surface area contributed by atoms with Crippen molar-refractivity contribution in [2.75, 3.05) is 11.3 Å². The minimum atomic E-state index is -3.60. The second-order valence-corrected chi connectivity index (χ2v) is 7.46. The zero-order chi connectivity index (χ0) is 14.8. The van der Waals surface area contributed by atoms with Gasteiger partial charge in [-0.15, -0.1) is 11.3 Å². The fraction of sp³-hybridized carbons (Fsp3) is 0.308. The molecule has 0 aliphatic heterocycles. The summed E-state index contributed by atoms with van der Waals surface area (Å²) in [4.78, 5) is 5.07. The lowest BCUT2D eigenvalue weighted by molar-refractivity contribution is 0.300. The van der Waals surface area contributed by atoms with Crippen molar-refractivity contribution in [3.8, 4) is 0 Å². The zero-order valence-electron chi connectivity index (χ0n) is 11.3. The maximum atomic E-state index is 12.3. The average Bonchev–Trinajstić information content (AvgIpc) is 2.83. The predicted octanol–water partition coefficient (Wildman–Crippen LogP) is 2.10. The van der Waals surface area contributed by atoms with Crippen LogP contribution in [0.1, 0.15) is 16.3 Å². The van der Waals surface area contributed by atoms with Crippen LogP contribution < -0.4 is 4.72 Å². The van der Waals surface area contributed by atoms with Gasteiger partial charge in [-0.2, -0.15) is 0 Å². The predicted molar refractivity (Wildman–Crippen MR) is 79.6 cm³/mol. The molecule has 2 heterocycles. The molecule has 0 saturated heterocycles. The second-order valence-electron chi connectivity index (χ2n) is 4.39. The molecule has 0 unspecified atom stereocenters. The number of anilines is 1. The molecule has 0 bridgehead atoms. The van der Waals surface area contributed by atoms with Crippen molar-refractivity contribution in [3.05, 3.63) is 40.5 Å². The fourth-order valence-corrected chi connectivity index (χ4v) is 4.20. The van der Waals surface area contributed by atoms with Crippen molar-refractivity contribution in [2.45, 2.75) is 24.5 Å². The van der Waals surface area contributed by atoms with Gasteiger partial charge in [-0.05, 0) is 38.1 Å². The summed E-state index contributed by atoms with van der Waals surface area (Å²) in [7, 11) is -3.60. The number of hydrogen-bond acceptors (Lipinski definition) is 5. The van der Waals surface area contributed by atoms with Crippen molar-refractivity contribution >= 4 is 27.0 Å². The summed E-state index contributed by atoms with van der Waals surface area (Å²) in [6.07, 6.45) is 0.464. The van der Waals surface area contributed by atoms with Crippen LogP contribution >= 0.6 is 11.3 Å². The molecule has 0 radical (unpaired) electrons. The topological polar surface area (TPSA) is 79.3 Å². The molecule has 0 aliphatic carbocycles. The number of aryl methyl sites for hydroxylation is 2. The van der Waals surface area contributed by atoms with Crippen LogP contribution in [-0.2, 0) is 16.4 Å². The van der Waals surface area contributed by atoms with Gasteiger partial charge >= 0.3 is 0 Å². The molecule has 0 spiro atoms. The third-order valence-electron chi connectivity index (χ3n) is 2.73. The highest BCUT2D eigenvalue weighted by Crippen LogP contribution is 2.25. The maximum Gasteiger partial charge on any atom is 0.271 e. The smallest absolute Gasteiger partial charge is 0.271 e. The maximum absolute atomic E-state index is 12.3. The van der Waals surface area contributed by atoms with Crippen LogP contribution in [0.25, 0.3) is 0 Å². The van der Waals surface area contributed by atoms with Gasteiger partial charge in [0.25, 0.3) is 10.0 Å². The molecule has 0 aromatic carbocycles. The summed E-state index contributed by atoms with van der Waals surface area (Å²) in [5.41, 5.74) is 1.96. The number of aliphatic hydroxyl groups excluding tert-OH is 1. The highest BCUT2D eigenvalue weighted by atomic mass is 32.2. The van der Waals surface area contributed by atoms with Crippen LogP contribution in [0.4, 0.5) is 5.69 Å². The van der Waals surface area contributed by atoms with Crippen LogP contribution in [-0.4, -0.2) is 25.1 Å². The van der Waals surface area contributed by atoms with Gasteiger partial charge in [0.2, 0.25) is 0 Å². The van der Waals surface area contributed by atoms with Gasteiger partial charge in [0.15, 0.2) is 0 Å². The second kappa shape index (κ2) is 5.90. The first-order valence-electron chi connectivity index (χ1n) is 6.09.